The Balaban J connectivity index is 2.79. The lowest BCUT2D eigenvalue weighted by Gasteiger charge is -2.27. The van der Waals surface area contributed by atoms with Gasteiger partial charge in [0.2, 0.25) is 7.59 Å². The molecule has 0 bridgehead atoms. The van der Waals surface area contributed by atoms with Crippen molar-refractivity contribution in [1.29, 1.82) is 0 Å². The number of aromatic nitrogens is 3. The summed E-state index contributed by atoms with van der Waals surface area (Å²) in [4.78, 5) is 25.8. The van der Waals surface area contributed by atoms with Crippen molar-refractivity contribution in [2.75, 3.05) is 0 Å². The zero-order valence-corrected chi connectivity index (χ0v) is 22.9. The highest BCUT2D eigenvalue weighted by Crippen LogP contribution is 2.53. The number of benzene rings is 1. The molecule has 1 aromatic carbocycles. The summed E-state index contributed by atoms with van der Waals surface area (Å²) in [7, 11) is 0. The lowest BCUT2D eigenvalue weighted by atomic mass is 10.3. The molecule has 0 amide bonds. The van der Waals surface area contributed by atoms with Crippen molar-refractivity contribution >= 4 is 140 Å². The molecule has 31 heavy (non-hydrogen) atoms. The zero-order valence-electron chi connectivity index (χ0n) is 13.7. The van der Waals surface area contributed by atoms with Gasteiger partial charge in [0.05, 0.1) is 15.7 Å². The average molecular weight is 678 g/mol. The van der Waals surface area contributed by atoms with Crippen molar-refractivity contribution in [2.24, 2.45) is 0 Å². The van der Waals surface area contributed by atoms with Crippen LogP contribution in [0, 0.1) is 0 Å². The Morgan fingerprint density at radius 2 is 1.10 bits per heavy atom. The Morgan fingerprint density at radius 3 is 1.42 bits per heavy atom. The maximum atomic E-state index is 14.8. The van der Waals surface area contributed by atoms with Crippen LogP contribution in [0.4, 0.5) is 8.78 Å². The fraction of sp³-hybridized carbons (Fsp3) is 0.333. The number of halogens is 12. The summed E-state index contributed by atoms with van der Waals surface area (Å²) < 4.78 is 18.1. The minimum atomic E-state index is -3.33. The monoisotopic (exact) mass is 673 g/mol. The standard InChI is InChI=1S/C12H3Cl10F2N3O2S2/c13-5-2-1-4(3-6(5)14)25-7(28)26(30-11(21,23)9(15,16)17)27(8(25)29)31-12(22,24)10(18,19)20/h1-3H. The van der Waals surface area contributed by atoms with E-state index in [4.69, 9.17) is 116 Å². The maximum Gasteiger partial charge on any atom is 0.363 e. The van der Waals surface area contributed by atoms with E-state index in [1.165, 1.54) is 12.1 Å². The van der Waals surface area contributed by atoms with Crippen LogP contribution in [0.25, 0.3) is 5.69 Å². The van der Waals surface area contributed by atoms with Gasteiger partial charge in [-0.1, -0.05) is 116 Å². The molecule has 0 aliphatic heterocycles. The largest absolute Gasteiger partial charge is 0.363 e. The maximum absolute atomic E-state index is 14.8. The number of nitrogens with zero attached hydrogens (tertiary/aromatic N) is 3. The molecule has 1 heterocycles. The lowest BCUT2D eigenvalue weighted by molar-refractivity contribution is 0.401. The van der Waals surface area contributed by atoms with Crippen LogP contribution in [0.2, 0.25) is 10.0 Å². The molecule has 0 N–H and O–H groups in total. The van der Waals surface area contributed by atoms with E-state index in [-0.39, 0.29) is 47.8 Å². The summed E-state index contributed by atoms with van der Waals surface area (Å²) >= 11 is 55.2. The Hall–Kier alpha value is 1.42. The van der Waals surface area contributed by atoms with Gasteiger partial charge in [0.25, 0.3) is 8.92 Å². The minimum absolute atomic E-state index is 0.0398. The van der Waals surface area contributed by atoms with Gasteiger partial charge in [-0.15, -0.1) is 0 Å². The molecule has 0 saturated carbocycles. The van der Waals surface area contributed by atoms with Gasteiger partial charge in [-0.2, -0.15) is 8.17 Å². The Labute approximate surface area is 230 Å². The summed E-state index contributed by atoms with van der Waals surface area (Å²) in [6, 6.07) is 3.61. The summed E-state index contributed by atoms with van der Waals surface area (Å²) in [6.45, 7) is 0. The molecule has 0 fully saturated rings. The topological polar surface area (TPSA) is 48.9 Å². The second kappa shape index (κ2) is 9.82. The van der Waals surface area contributed by atoms with Crippen LogP contribution < -0.4 is 11.4 Å². The van der Waals surface area contributed by atoms with Crippen molar-refractivity contribution in [3.8, 4) is 5.69 Å². The van der Waals surface area contributed by atoms with E-state index in [2.05, 4.69) is 0 Å². The molecule has 1 aromatic heterocycles. The van der Waals surface area contributed by atoms with Gasteiger partial charge in [-0.05, 0) is 18.2 Å². The van der Waals surface area contributed by atoms with Crippen LogP contribution in [0.15, 0.2) is 27.8 Å². The molecule has 174 valence electrons. The van der Waals surface area contributed by atoms with Crippen LogP contribution in [0.5, 0.6) is 0 Å². The van der Waals surface area contributed by atoms with Crippen LogP contribution in [-0.2, 0) is 0 Å². The second-order valence-electron chi connectivity index (χ2n) is 5.26. The zero-order chi connectivity index (χ0) is 24.2. The van der Waals surface area contributed by atoms with Gasteiger partial charge in [0.15, 0.2) is 0 Å². The first-order valence-electron chi connectivity index (χ1n) is 7.01. The highest BCUT2D eigenvalue weighted by Gasteiger charge is 2.53. The molecule has 0 spiro atoms. The number of rotatable bonds is 5. The molecule has 0 aliphatic rings. The third kappa shape index (κ3) is 6.16. The Bertz CT molecular complexity index is 1050. The molecule has 0 aliphatic carbocycles. The van der Waals surface area contributed by atoms with E-state index in [1.807, 2.05) is 0 Å². The van der Waals surface area contributed by atoms with Crippen molar-refractivity contribution in [3.63, 3.8) is 0 Å². The molecule has 2 unspecified atom stereocenters. The van der Waals surface area contributed by atoms with Crippen molar-refractivity contribution < 1.29 is 8.78 Å². The summed E-state index contributed by atoms with van der Waals surface area (Å²) in [5, 5.41) is 0.0588. The lowest BCUT2D eigenvalue weighted by Crippen LogP contribution is -2.36. The van der Waals surface area contributed by atoms with Crippen molar-refractivity contribution in [2.45, 2.75) is 16.5 Å². The first-order chi connectivity index (χ1) is 13.8. The molecule has 2 rings (SSSR count). The number of alkyl halides is 10. The van der Waals surface area contributed by atoms with Gasteiger partial charge in [0.1, 0.15) is 0 Å². The van der Waals surface area contributed by atoms with Gasteiger partial charge >= 0.3 is 11.4 Å². The summed E-state index contributed by atoms with van der Waals surface area (Å²) in [6.07, 6.45) is 0. The van der Waals surface area contributed by atoms with Gasteiger partial charge in [-0.3, -0.25) is 0 Å². The fourth-order valence-electron chi connectivity index (χ4n) is 1.73. The van der Waals surface area contributed by atoms with Crippen molar-refractivity contribution in [3.05, 3.63) is 49.2 Å². The molecule has 2 aromatic rings. The van der Waals surface area contributed by atoms with Gasteiger partial charge < -0.3 is 0 Å². The molecule has 0 saturated heterocycles. The molecular weight excluding hydrogens is 675 g/mol. The minimum Gasteiger partial charge on any atom is -0.244 e. The predicted molar refractivity (Wildman–Crippen MR) is 130 cm³/mol. The number of hydrogen-bond acceptors (Lipinski definition) is 4. The van der Waals surface area contributed by atoms with E-state index in [0.29, 0.717) is 4.57 Å². The normalized spacial score (nSPS) is 16.8. The summed E-state index contributed by atoms with van der Waals surface area (Å²) in [5.74, 6) is 0. The van der Waals surface area contributed by atoms with Gasteiger partial charge in [0, 0.05) is 23.9 Å². The second-order valence-corrected chi connectivity index (χ2v) is 14.3. The molecule has 19 heteroatoms. The SMILES string of the molecule is O=c1n(-c2ccc(Cl)c(Cl)c2)c(=O)n(SC(F)(Cl)C(Cl)(Cl)Cl)n1SC(F)(Cl)C(Cl)(Cl)Cl. The predicted octanol–water partition coefficient (Wildman–Crippen LogP) is 7.56. The van der Waals surface area contributed by atoms with E-state index in [1.54, 1.807) is 0 Å². The average Bonchev–Trinajstić information content (AvgIpc) is 2.79. The molecular formula is C12H3Cl10F2N3O2S2. The van der Waals surface area contributed by atoms with Crippen LogP contribution >= 0.6 is 140 Å². The highest BCUT2D eigenvalue weighted by molar-refractivity contribution is 8.03. The van der Waals surface area contributed by atoms with Gasteiger partial charge in [-0.25, -0.2) is 22.9 Å². The highest BCUT2D eigenvalue weighted by atomic mass is 35.6. The van der Waals surface area contributed by atoms with E-state index < -0.39 is 27.9 Å². The number of hydrogen-bond donors (Lipinski definition) is 0. The van der Waals surface area contributed by atoms with E-state index >= 15 is 0 Å². The molecule has 5 nitrogen and oxygen atoms in total. The summed E-state index contributed by atoms with van der Waals surface area (Å²) in [5.41, 5.74) is -2.71. The first kappa shape index (κ1) is 28.7. The van der Waals surface area contributed by atoms with Crippen LogP contribution in [0.1, 0.15) is 0 Å². The molecule has 2 atom stereocenters. The molecule has 0 radical (unpaired) electrons. The Kier molecular flexibility index (Phi) is 9.08. The quantitative estimate of drug-likeness (QED) is 0.307. The van der Waals surface area contributed by atoms with Crippen LogP contribution in [-0.4, -0.2) is 29.2 Å². The smallest absolute Gasteiger partial charge is 0.244 e. The third-order valence-corrected chi connectivity index (χ3v) is 9.79. The van der Waals surface area contributed by atoms with Crippen molar-refractivity contribution in [1.82, 2.24) is 12.7 Å². The van der Waals surface area contributed by atoms with E-state index in [9.17, 15) is 18.4 Å². The Morgan fingerprint density at radius 1 is 0.710 bits per heavy atom. The fourth-order valence-corrected chi connectivity index (χ4v) is 4.48. The third-order valence-electron chi connectivity index (χ3n) is 3.10. The first-order valence-corrected chi connectivity index (χ1v) is 12.3. The van der Waals surface area contributed by atoms with E-state index in [0.717, 1.165) is 6.07 Å². The van der Waals surface area contributed by atoms with Crippen LogP contribution in [0.3, 0.4) is 0 Å².